The fourth-order valence-electron chi connectivity index (χ4n) is 1.54. The Morgan fingerprint density at radius 1 is 1.22 bits per heavy atom. The number of imide groups is 1. The van der Waals surface area contributed by atoms with Gasteiger partial charge in [-0.15, -0.1) is 0 Å². The molecule has 0 heterocycles. The van der Waals surface area contributed by atoms with Crippen molar-refractivity contribution in [3.63, 3.8) is 0 Å². The van der Waals surface area contributed by atoms with Crippen LogP contribution in [0.2, 0.25) is 0 Å². The number of ether oxygens (including phenoxy) is 2. The number of benzene rings is 1. The van der Waals surface area contributed by atoms with Crippen molar-refractivity contribution in [2.24, 2.45) is 0 Å². The van der Waals surface area contributed by atoms with Crippen molar-refractivity contribution in [3.8, 4) is 5.75 Å². The number of amides is 3. The zero-order valence-electron chi connectivity index (χ0n) is 13.4. The maximum atomic E-state index is 11.9. The van der Waals surface area contributed by atoms with E-state index in [0.717, 1.165) is 0 Å². The molecule has 1 aromatic rings. The third kappa shape index (κ3) is 6.68. The van der Waals surface area contributed by atoms with Crippen molar-refractivity contribution in [1.82, 2.24) is 10.6 Å². The lowest BCUT2D eigenvalue weighted by atomic mass is 10.1. The molecule has 0 fully saturated rings. The Hall–Kier alpha value is -2.09. The van der Waals surface area contributed by atoms with Gasteiger partial charge in [0, 0.05) is 5.54 Å². The first kappa shape index (κ1) is 19.0. The predicted molar refractivity (Wildman–Crippen MR) is 87.4 cm³/mol. The molecule has 1 aromatic carbocycles. The number of carbonyl (C=O) groups is 3. The van der Waals surface area contributed by atoms with E-state index in [0.29, 0.717) is 10.2 Å². The molecular weight excluding hydrogens is 368 g/mol. The second kappa shape index (κ2) is 7.96. The van der Waals surface area contributed by atoms with E-state index < -0.39 is 30.1 Å². The highest BCUT2D eigenvalue weighted by molar-refractivity contribution is 9.10. The maximum Gasteiger partial charge on any atom is 0.338 e. The van der Waals surface area contributed by atoms with Crippen LogP contribution in [-0.2, 0) is 9.53 Å². The Kier molecular flexibility index (Phi) is 6.56. The van der Waals surface area contributed by atoms with Gasteiger partial charge in [0.2, 0.25) is 0 Å². The van der Waals surface area contributed by atoms with Gasteiger partial charge < -0.3 is 14.8 Å². The summed E-state index contributed by atoms with van der Waals surface area (Å²) in [6.45, 7) is 4.77. The van der Waals surface area contributed by atoms with E-state index in [-0.39, 0.29) is 5.56 Å². The van der Waals surface area contributed by atoms with Gasteiger partial charge in [0.15, 0.2) is 6.61 Å². The normalized spacial score (nSPS) is 10.7. The van der Waals surface area contributed by atoms with Gasteiger partial charge in [0.05, 0.1) is 17.1 Å². The average Bonchev–Trinajstić information content (AvgIpc) is 2.42. The number of esters is 1. The van der Waals surface area contributed by atoms with Crippen LogP contribution in [0, 0.1) is 0 Å². The summed E-state index contributed by atoms with van der Waals surface area (Å²) in [7, 11) is 1.51. The van der Waals surface area contributed by atoms with Crippen LogP contribution in [0.3, 0.4) is 0 Å². The van der Waals surface area contributed by atoms with Gasteiger partial charge in [-0.2, -0.15) is 0 Å². The SMILES string of the molecule is COc1ccc(C(=O)OCC(=O)NC(=O)NC(C)(C)C)cc1Br. The molecular formula is C15H19BrN2O5. The third-order valence-corrected chi connectivity index (χ3v) is 3.08. The van der Waals surface area contributed by atoms with Crippen molar-refractivity contribution >= 4 is 33.8 Å². The molecule has 0 saturated carbocycles. The monoisotopic (exact) mass is 386 g/mol. The van der Waals surface area contributed by atoms with Crippen molar-refractivity contribution in [2.75, 3.05) is 13.7 Å². The largest absolute Gasteiger partial charge is 0.496 e. The highest BCUT2D eigenvalue weighted by atomic mass is 79.9. The standard InChI is InChI=1S/C15H19BrN2O5/c1-15(2,3)18-14(21)17-12(19)8-23-13(20)9-5-6-11(22-4)10(16)7-9/h5-7H,8H2,1-4H3,(H2,17,18,19,21). The number of carbonyl (C=O) groups excluding carboxylic acids is 3. The lowest BCUT2D eigenvalue weighted by molar-refractivity contribution is -0.123. The zero-order chi connectivity index (χ0) is 17.6. The van der Waals surface area contributed by atoms with Crippen LogP contribution in [0.15, 0.2) is 22.7 Å². The first-order valence-corrected chi connectivity index (χ1v) is 7.54. The minimum atomic E-state index is -0.715. The van der Waals surface area contributed by atoms with Gasteiger partial charge in [-0.05, 0) is 54.9 Å². The number of halogens is 1. The highest BCUT2D eigenvalue weighted by Gasteiger charge is 2.17. The smallest absolute Gasteiger partial charge is 0.338 e. The van der Waals surface area contributed by atoms with Gasteiger partial charge in [0.1, 0.15) is 5.75 Å². The molecule has 0 aliphatic carbocycles. The van der Waals surface area contributed by atoms with Gasteiger partial charge in [-0.3, -0.25) is 10.1 Å². The summed E-state index contributed by atoms with van der Waals surface area (Å²) in [6, 6.07) is 3.98. The van der Waals surface area contributed by atoms with Crippen molar-refractivity contribution in [3.05, 3.63) is 28.2 Å². The number of urea groups is 1. The van der Waals surface area contributed by atoms with E-state index in [4.69, 9.17) is 9.47 Å². The Morgan fingerprint density at radius 2 is 1.87 bits per heavy atom. The molecule has 0 aliphatic heterocycles. The molecule has 7 nitrogen and oxygen atoms in total. The molecule has 0 aromatic heterocycles. The molecule has 0 saturated heterocycles. The quantitative estimate of drug-likeness (QED) is 0.773. The minimum Gasteiger partial charge on any atom is -0.496 e. The van der Waals surface area contributed by atoms with Crippen LogP contribution < -0.4 is 15.4 Å². The van der Waals surface area contributed by atoms with Crippen molar-refractivity contribution in [2.45, 2.75) is 26.3 Å². The second-order valence-electron chi connectivity index (χ2n) is 5.68. The van der Waals surface area contributed by atoms with Gasteiger partial charge >= 0.3 is 12.0 Å². The van der Waals surface area contributed by atoms with E-state index in [1.165, 1.54) is 19.2 Å². The summed E-state index contributed by atoms with van der Waals surface area (Å²) in [6.07, 6.45) is 0. The van der Waals surface area contributed by atoms with E-state index in [2.05, 4.69) is 26.6 Å². The lowest BCUT2D eigenvalue weighted by Gasteiger charge is -2.20. The summed E-state index contributed by atoms with van der Waals surface area (Å²) in [5, 5.41) is 4.64. The first-order valence-electron chi connectivity index (χ1n) is 6.75. The Labute approximate surface area is 142 Å². The van der Waals surface area contributed by atoms with E-state index in [1.54, 1.807) is 26.8 Å². The number of hydrogen-bond donors (Lipinski definition) is 2. The molecule has 0 aliphatic rings. The number of nitrogens with one attached hydrogen (secondary N) is 2. The second-order valence-corrected chi connectivity index (χ2v) is 6.53. The van der Waals surface area contributed by atoms with Gasteiger partial charge in [-0.1, -0.05) is 0 Å². The van der Waals surface area contributed by atoms with Crippen LogP contribution in [0.4, 0.5) is 4.79 Å². The molecule has 0 bridgehead atoms. The Bertz CT molecular complexity index is 610. The number of hydrogen-bond acceptors (Lipinski definition) is 5. The van der Waals surface area contributed by atoms with Crippen LogP contribution in [0.5, 0.6) is 5.75 Å². The highest BCUT2D eigenvalue weighted by Crippen LogP contribution is 2.25. The average molecular weight is 387 g/mol. The molecule has 0 unspecified atom stereocenters. The van der Waals surface area contributed by atoms with E-state index in [9.17, 15) is 14.4 Å². The fraction of sp³-hybridized carbons (Fsp3) is 0.400. The summed E-state index contributed by atoms with van der Waals surface area (Å²) in [5.41, 5.74) is -0.222. The Balaban J connectivity index is 2.51. The maximum absolute atomic E-state index is 11.9. The Morgan fingerprint density at radius 3 is 2.39 bits per heavy atom. The number of rotatable bonds is 4. The van der Waals surface area contributed by atoms with E-state index in [1.807, 2.05) is 0 Å². The summed E-state index contributed by atoms with van der Waals surface area (Å²) in [4.78, 5) is 34.9. The van der Waals surface area contributed by atoms with Gasteiger partial charge in [-0.25, -0.2) is 9.59 Å². The van der Waals surface area contributed by atoms with Crippen LogP contribution >= 0.6 is 15.9 Å². The third-order valence-electron chi connectivity index (χ3n) is 2.46. The molecule has 1 rings (SSSR count). The van der Waals surface area contributed by atoms with Crippen LogP contribution in [-0.4, -0.2) is 37.2 Å². The molecule has 3 amide bonds. The fourth-order valence-corrected chi connectivity index (χ4v) is 2.08. The van der Waals surface area contributed by atoms with Crippen molar-refractivity contribution in [1.29, 1.82) is 0 Å². The summed E-state index contributed by atoms with van der Waals surface area (Å²) in [5.74, 6) is -0.828. The lowest BCUT2D eigenvalue weighted by Crippen LogP contribution is -2.49. The minimum absolute atomic E-state index is 0.254. The predicted octanol–water partition coefficient (Wildman–Crippen LogP) is 2.24. The van der Waals surface area contributed by atoms with Crippen LogP contribution in [0.1, 0.15) is 31.1 Å². The first-order chi connectivity index (χ1) is 10.6. The molecule has 0 spiro atoms. The van der Waals surface area contributed by atoms with E-state index >= 15 is 0 Å². The summed E-state index contributed by atoms with van der Waals surface area (Å²) < 4.78 is 10.5. The zero-order valence-corrected chi connectivity index (χ0v) is 14.9. The molecule has 23 heavy (non-hydrogen) atoms. The summed E-state index contributed by atoms with van der Waals surface area (Å²) >= 11 is 3.25. The molecule has 0 atom stereocenters. The van der Waals surface area contributed by atoms with Crippen molar-refractivity contribution < 1.29 is 23.9 Å². The molecule has 0 radical (unpaired) electrons. The topological polar surface area (TPSA) is 93.7 Å². The molecule has 2 N–H and O–H groups in total. The molecule has 8 heteroatoms. The van der Waals surface area contributed by atoms with Crippen LogP contribution in [0.25, 0.3) is 0 Å². The molecule has 126 valence electrons. The number of methoxy groups -OCH3 is 1. The van der Waals surface area contributed by atoms with Gasteiger partial charge in [0.25, 0.3) is 5.91 Å².